The Labute approximate surface area is 162 Å². The Hall–Kier alpha value is -2.33. The maximum atomic E-state index is 13.2. The number of nitrogens with zero attached hydrogens (tertiary/aromatic N) is 1. The lowest BCUT2D eigenvalue weighted by atomic mass is 9.83. The van der Waals surface area contributed by atoms with Crippen LogP contribution < -0.4 is 10.6 Å². The maximum absolute atomic E-state index is 13.2. The monoisotopic (exact) mass is 363 g/mol. The number of amides is 1. The molecule has 1 atom stereocenters. The number of anilines is 2. The van der Waals surface area contributed by atoms with Crippen LogP contribution in [0.2, 0.25) is 0 Å². The van der Waals surface area contributed by atoms with Crippen LogP contribution in [0.15, 0.2) is 48.5 Å². The number of piperidine rings is 1. The molecule has 1 amide bonds. The highest BCUT2D eigenvalue weighted by Crippen LogP contribution is 2.30. The van der Waals surface area contributed by atoms with Crippen molar-refractivity contribution in [2.45, 2.75) is 26.2 Å². The van der Waals surface area contributed by atoms with Gasteiger partial charge in [-0.2, -0.15) is 0 Å². The van der Waals surface area contributed by atoms with E-state index in [1.165, 1.54) is 12.0 Å². The quantitative estimate of drug-likeness (QED) is 0.856. The number of likely N-dealkylation sites (tertiary alicyclic amines) is 1. The summed E-state index contributed by atoms with van der Waals surface area (Å²) in [5.74, 6) is 1.72. The molecule has 2 fully saturated rings. The molecule has 2 N–H and O–H groups in total. The summed E-state index contributed by atoms with van der Waals surface area (Å²) in [5, 5.41) is 6.89. The minimum absolute atomic E-state index is 0.146. The van der Waals surface area contributed by atoms with Gasteiger partial charge in [0.05, 0.1) is 11.3 Å². The molecule has 4 rings (SSSR count). The van der Waals surface area contributed by atoms with E-state index in [0.717, 1.165) is 67.8 Å². The van der Waals surface area contributed by atoms with Crippen LogP contribution >= 0.6 is 0 Å². The summed E-state index contributed by atoms with van der Waals surface area (Å²) in [5.41, 5.74) is 3.88. The van der Waals surface area contributed by atoms with E-state index in [9.17, 15) is 4.79 Å². The van der Waals surface area contributed by atoms with E-state index in [-0.39, 0.29) is 5.91 Å². The molecule has 2 aromatic carbocycles. The van der Waals surface area contributed by atoms with Crippen molar-refractivity contribution in [1.82, 2.24) is 10.2 Å². The predicted octanol–water partition coefficient (Wildman–Crippen LogP) is 4.20. The number of para-hydroxylation sites is 1. The van der Waals surface area contributed by atoms with Gasteiger partial charge in [0, 0.05) is 18.8 Å². The molecule has 27 heavy (non-hydrogen) atoms. The third-order valence-corrected chi connectivity index (χ3v) is 6.08. The van der Waals surface area contributed by atoms with Crippen molar-refractivity contribution in [2.24, 2.45) is 11.8 Å². The van der Waals surface area contributed by atoms with Crippen LogP contribution in [0, 0.1) is 18.8 Å². The fourth-order valence-corrected chi connectivity index (χ4v) is 4.39. The normalized spacial score (nSPS) is 20.6. The number of hydrogen-bond donors (Lipinski definition) is 2. The zero-order chi connectivity index (χ0) is 18.6. The van der Waals surface area contributed by atoms with Gasteiger partial charge in [0.15, 0.2) is 0 Å². The fraction of sp³-hybridized carbons (Fsp3) is 0.435. The number of nitrogens with one attached hydrogen (secondary N) is 2. The fourth-order valence-electron chi connectivity index (χ4n) is 4.39. The van der Waals surface area contributed by atoms with Gasteiger partial charge in [-0.1, -0.05) is 29.8 Å². The smallest absolute Gasteiger partial charge is 0.255 e. The molecular weight excluding hydrogens is 334 g/mol. The summed E-state index contributed by atoms with van der Waals surface area (Å²) >= 11 is 0. The highest BCUT2D eigenvalue weighted by molar-refractivity contribution is 6.00. The van der Waals surface area contributed by atoms with Crippen LogP contribution in [0.4, 0.5) is 11.4 Å². The molecule has 1 unspecified atom stereocenters. The second-order valence-corrected chi connectivity index (χ2v) is 7.92. The largest absolute Gasteiger partial charge is 0.355 e. The van der Waals surface area contributed by atoms with Crippen molar-refractivity contribution >= 4 is 17.3 Å². The van der Waals surface area contributed by atoms with Crippen molar-refractivity contribution in [3.05, 3.63) is 59.7 Å². The minimum atomic E-state index is 0.146. The number of hydrogen-bond acceptors (Lipinski definition) is 3. The Balaban J connectivity index is 1.43. The van der Waals surface area contributed by atoms with Gasteiger partial charge in [0.25, 0.3) is 5.91 Å². The lowest BCUT2D eigenvalue weighted by Gasteiger charge is -2.35. The third kappa shape index (κ3) is 4.16. The third-order valence-electron chi connectivity index (χ3n) is 6.08. The molecule has 0 spiro atoms. The van der Waals surface area contributed by atoms with Crippen molar-refractivity contribution in [1.29, 1.82) is 0 Å². The molecule has 0 radical (unpaired) electrons. The van der Waals surface area contributed by atoms with Gasteiger partial charge in [-0.3, -0.25) is 4.79 Å². The lowest BCUT2D eigenvalue weighted by Crippen LogP contribution is -2.40. The number of benzene rings is 2. The van der Waals surface area contributed by atoms with Crippen LogP contribution in [-0.4, -0.2) is 37.0 Å². The Morgan fingerprint density at radius 3 is 2.44 bits per heavy atom. The van der Waals surface area contributed by atoms with Crippen molar-refractivity contribution < 1.29 is 4.79 Å². The number of carbonyl (C=O) groups is 1. The summed E-state index contributed by atoms with van der Waals surface area (Å²) in [6.45, 7) is 6.13. The molecule has 0 bridgehead atoms. The molecule has 2 heterocycles. The first-order valence-electron chi connectivity index (χ1n) is 10.1. The molecule has 142 valence electrons. The van der Waals surface area contributed by atoms with Gasteiger partial charge in [-0.05, 0) is 75.4 Å². The van der Waals surface area contributed by atoms with E-state index < -0.39 is 0 Å². The first-order valence-corrected chi connectivity index (χ1v) is 10.1. The van der Waals surface area contributed by atoms with E-state index in [0.29, 0.717) is 0 Å². The van der Waals surface area contributed by atoms with Crippen LogP contribution in [0.1, 0.15) is 35.2 Å². The second kappa shape index (κ2) is 8.13. The van der Waals surface area contributed by atoms with Gasteiger partial charge in [-0.25, -0.2) is 0 Å². The topological polar surface area (TPSA) is 44.4 Å². The Morgan fingerprint density at radius 1 is 1.00 bits per heavy atom. The zero-order valence-electron chi connectivity index (χ0n) is 16.1. The van der Waals surface area contributed by atoms with Gasteiger partial charge < -0.3 is 15.5 Å². The Kier molecular flexibility index (Phi) is 5.44. The highest BCUT2D eigenvalue weighted by Gasteiger charge is 2.30. The van der Waals surface area contributed by atoms with Gasteiger partial charge in [0.2, 0.25) is 0 Å². The van der Waals surface area contributed by atoms with E-state index in [1.54, 1.807) is 0 Å². The molecule has 0 saturated carbocycles. The molecule has 2 aromatic rings. The lowest BCUT2D eigenvalue weighted by molar-refractivity contribution is 0.0664. The van der Waals surface area contributed by atoms with Crippen molar-refractivity contribution in [3.63, 3.8) is 0 Å². The standard InChI is InChI=1S/C23H29N3O/c1-17-6-8-20(9-7-17)25-22-5-3-2-4-21(22)23(27)26-14-11-18(12-15-26)19-10-13-24-16-19/h2-9,18-19,24-25H,10-16H2,1H3. The van der Waals surface area contributed by atoms with Crippen LogP contribution in [-0.2, 0) is 0 Å². The van der Waals surface area contributed by atoms with Gasteiger partial charge in [0.1, 0.15) is 0 Å². The summed E-state index contributed by atoms with van der Waals surface area (Å²) in [7, 11) is 0. The number of aryl methyl sites for hydroxylation is 1. The Bertz CT molecular complexity index is 772. The second-order valence-electron chi connectivity index (χ2n) is 7.92. The summed E-state index contributed by atoms with van der Waals surface area (Å²) in [6, 6.07) is 16.1. The molecule has 2 aliphatic heterocycles. The van der Waals surface area contributed by atoms with Gasteiger partial charge in [-0.15, -0.1) is 0 Å². The van der Waals surface area contributed by atoms with Crippen LogP contribution in [0.5, 0.6) is 0 Å². The molecule has 2 aliphatic rings. The number of carbonyl (C=O) groups excluding carboxylic acids is 1. The van der Waals surface area contributed by atoms with E-state index in [1.807, 2.05) is 29.2 Å². The average molecular weight is 364 g/mol. The average Bonchev–Trinajstić information content (AvgIpc) is 3.25. The van der Waals surface area contributed by atoms with E-state index in [4.69, 9.17) is 0 Å². The number of rotatable bonds is 4. The SMILES string of the molecule is Cc1ccc(Nc2ccccc2C(=O)N2CCC(C3CCNC3)CC2)cc1. The molecular formula is C23H29N3O. The Morgan fingerprint density at radius 2 is 1.74 bits per heavy atom. The van der Waals surface area contributed by atoms with E-state index >= 15 is 0 Å². The van der Waals surface area contributed by atoms with Crippen molar-refractivity contribution in [2.75, 3.05) is 31.5 Å². The first-order chi connectivity index (χ1) is 13.2. The predicted molar refractivity (Wildman–Crippen MR) is 111 cm³/mol. The molecule has 4 heteroatoms. The molecule has 0 aliphatic carbocycles. The first kappa shape index (κ1) is 18.1. The molecule has 2 saturated heterocycles. The minimum Gasteiger partial charge on any atom is -0.355 e. The molecule has 0 aromatic heterocycles. The highest BCUT2D eigenvalue weighted by atomic mass is 16.2. The van der Waals surface area contributed by atoms with Crippen LogP contribution in [0.3, 0.4) is 0 Å². The van der Waals surface area contributed by atoms with E-state index in [2.05, 4.69) is 41.8 Å². The van der Waals surface area contributed by atoms with Crippen LogP contribution in [0.25, 0.3) is 0 Å². The van der Waals surface area contributed by atoms with Crippen molar-refractivity contribution in [3.8, 4) is 0 Å². The maximum Gasteiger partial charge on any atom is 0.255 e. The zero-order valence-corrected chi connectivity index (χ0v) is 16.1. The summed E-state index contributed by atoms with van der Waals surface area (Å²) < 4.78 is 0. The summed E-state index contributed by atoms with van der Waals surface area (Å²) in [6.07, 6.45) is 3.55. The molecule has 4 nitrogen and oxygen atoms in total. The summed E-state index contributed by atoms with van der Waals surface area (Å²) in [4.78, 5) is 15.2. The van der Waals surface area contributed by atoms with Gasteiger partial charge >= 0.3 is 0 Å².